The van der Waals surface area contributed by atoms with Crippen LogP contribution in [0.4, 0.5) is 13.2 Å². The fourth-order valence-corrected chi connectivity index (χ4v) is 2.13. The van der Waals surface area contributed by atoms with E-state index >= 15 is 0 Å². The summed E-state index contributed by atoms with van der Waals surface area (Å²) in [5, 5.41) is 0.185. The lowest BCUT2D eigenvalue weighted by Gasteiger charge is -2.29. The first kappa shape index (κ1) is 14.1. The SMILES string of the molecule is FC(F)(F)COCCCN1CCCC(Cl)C1. The summed E-state index contributed by atoms with van der Waals surface area (Å²) in [6.45, 7) is 1.60. The van der Waals surface area contributed by atoms with Crippen LogP contribution in [0.2, 0.25) is 0 Å². The van der Waals surface area contributed by atoms with Crippen LogP contribution in [-0.2, 0) is 4.74 Å². The third-order valence-corrected chi connectivity index (χ3v) is 2.83. The van der Waals surface area contributed by atoms with E-state index in [-0.39, 0.29) is 12.0 Å². The molecule has 0 amide bonds. The van der Waals surface area contributed by atoms with E-state index in [1.807, 2.05) is 0 Å². The summed E-state index contributed by atoms with van der Waals surface area (Å²) in [7, 11) is 0. The molecule has 2 nitrogen and oxygen atoms in total. The van der Waals surface area contributed by atoms with E-state index in [9.17, 15) is 13.2 Å². The Morgan fingerprint density at radius 1 is 1.38 bits per heavy atom. The maximum absolute atomic E-state index is 11.7. The Morgan fingerprint density at radius 3 is 2.75 bits per heavy atom. The van der Waals surface area contributed by atoms with Crippen LogP contribution in [0.25, 0.3) is 0 Å². The first-order valence-electron chi connectivity index (χ1n) is 5.48. The van der Waals surface area contributed by atoms with Gasteiger partial charge in [-0.15, -0.1) is 11.6 Å². The molecule has 1 atom stereocenters. The van der Waals surface area contributed by atoms with Gasteiger partial charge in [0.15, 0.2) is 0 Å². The smallest absolute Gasteiger partial charge is 0.372 e. The number of nitrogens with zero attached hydrogens (tertiary/aromatic N) is 1. The van der Waals surface area contributed by atoms with Crippen LogP contribution in [-0.4, -0.2) is 49.3 Å². The van der Waals surface area contributed by atoms with Crippen LogP contribution in [0.3, 0.4) is 0 Å². The number of rotatable bonds is 5. The zero-order chi connectivity index (χ0) is 12.0. The van der Waals surface area contributed by atoms with Crippen molar-refractivity contribution in [3.05, 3.63) is 0 Å². The zero-order valence-corrected chi connectivity index (χ0v) is 9.86. The van der Waals surface area contributed by atoms with Gasteiger partial charge in [0.1, 0.15) is 6.61 Å². The Morgan fingerprint density at radius 2 is 2.12 bits per heavy atom. The van der Waals surface area contributed by atoms with Crippen LogP contribution >= 0.6 is 11.6 Å². The normalized spacial score (nSPS) is 23.6. The minimum atomic E-state index is -4.22. The van der Waals surface area contributed by atoms with Crippen molar-refractivity contribution in [3.8, 4) is 0 Å². The summed E-state index contributed by atoms with van der Waals surface area (Å²) in [6, 6.07) is 0. The lowest BCUT2D eigenvalue weighted by molar-refractivity contribution is -0.174. The standard InChI is InChI=1S/C10H17ClF3NO/c11-9-3-1-4-15(7-9)5-2-6-16-8-10(12,13)14/h9H,1-8H2. The summed E-state index contributed by atoms with van der Waals surface area (Å²) < 4.78 is 39.7. The number of likely N-dealkylation sites (tertiary alicyclic amines) is 1. The number of halogens is 4. The van der Waals surface area contributed by atoms with Gasteiger partial charge in [0.2, 0.25) is 0 Å². The molecule has 0 spiro atoms. The molecule has 0 aromatic heterocycles. The second-order valence-corrected chi connectivity index (χ2v) is 4.68. The molecule has 1 aliphatic rings. The van der Waals surface area contributed by atoms with Crippen molar-refractivity contribution in [2.45, 2.75) is 30.8 Å². The lowest BCUT2D eigenvalue weighted by Crippen LogP contribution is -2.37. The van der Waals surface area contributed by atoms with E-state index < -0.39 is 12.8 Å². The molecule has 1 rings (SSSR count). The van der Waals surface area contributed by atoms with Gasteiger partial charge in [-0.1, -0.05) is 0 Å². The second-order valence-electron chi connectivity index (χ2n) is 4.06. The van der Waals surface area contributed by atoms with E-state index in [4.69, 9.17) is 11.6 Å². The van der Waals surface area contributed by atoms with Crippen LogP contribution in [0.1, 0.15) is 19.3 Å². The van der Waals surface area contributed by atoms with Crippen molar-refractivity contribution in [2.75, 3.05) is 32.8 Å². The molecule has 0 aromatic rings. The molecule has 0 aromatic carbocycles. The van der Waals surface area contributed by atoms with Crippen molar-refractivity contribution in [2.24, 2.45) is 0 Å². The van der Waals surface area contributed by atoms with Crippen molar-refractivity contribution < 1.29 is 17.9 Å². The van der Waals surface area contributed by atoms with Gasteiger partial charge in [-0.25, -0.2) is 0 Å². The highest BCUT2D eigenvalue weighted by Crippen LogP contribution is 2.16. The van der Waals surface area contributed by atoms with Crippen molar-refractivity contribution >= 4 is 11.6 Å². The highest BCUT2D eigenvalue weighted by Gasteiger charge is 2.27. The molecule has 1 unspecified atom stereocenters. The zero-order valence-electron chi connectivity index (χ0n) is 9.10. The molecule has 6 heteroatoms. The minimum Gasteiger partial charge on any atom is -0.372 e. The topological polar surface area (TPSA) is 12.5 Å². The van der Waals surface area contributed by atoms with Gasteiger partial charge in [0.05, 0.1) is 0 Å². The highest BCUT2D eigenvalue weighted by molar-refractivity contribution is 6.20. The maximum Gasteiger partial charge on any atom is 0.411 e. The van der Waals surface area contributed by atoms with Gasteiger partial charge in [-0.05, 0) is 25.8 Å². The van der Waals surface area contributed by atoms with E-state index in [1.165, 1.54) is 0 Å². The van der Waals surface area contributed by atoms with Crippen LogP contribution in [0, 0.1) is 0 Å². The molecule has 16 heavy (non-hydrogen) atoms. The van der Waals surface area contributed by atoms with E-state index in [0.717, 1.165) is 32.5 Å². The fourth-order valence-electron chi connectivity index (χ4n) is 1.78. The Balaban J connectivity index is 1.98. The molecule has 0 saturated carbocycles. The van der Waals surface area contributed by atoms with Gasteiger partial charge < -0.3 is 9.64 Å². The molecular formula is C10H17ClF3NO. The number of hydrogen-bond acceptors (Lipinski definition) is 2. The number of alkyl halides is 4. The predicted octanol–water partition coefficient (Wildman–Crippen LogP) is 2.66. The molecule has 96 valence electrons. The first-order valence-corrected chi connectivity index (χ1v) is 5.92. The van der Waals surface area contributed by atoms with Crippen LogP contribution in [0.5, 0.6) is 0 Å². The molecule has 1 heterocycles. The van der Waals surface area contributed by atoms with Gasteiger partial charge in [0, 0.05) is 25.1 Å². The average molecular weight is 260 g/mol. The number of piperidine rings is 1. The predicted molar refractivity (Wildman–Crippen MR) is 56.8 cm³/mol. The molecule has 0 aliphatic carbocycles. The minimum absolute atomic E-state index is 0.156. The summed E-state index contributed by atoms with van der Waals surface area (Å²) in [5.74, 6) is 0. The Kier molecular flexibility index (Phi) is 5.86. The third kappa shape index (κ3) is 6.55. The molecule has 0 bridgehead atoms. The van der Waals surface area contributed by atoms with Gasteiger partial charge >= 0.3 is 6.18 Å². The summed E-state index contributed by atoms with van der Waals surface area (Å²) in [6.07, 6.45) is -1.49. The molecule has 1 saturated heterocycles. The van der Waals surface area contributed by atoms with Crippen molar-refractivity contribution in [3.63, 3.8) is 0 Å². The van der Waals surface area contributed by atoms with Gasteiger partial charge in [-0.3, -0.25) is 0 Å². The Bertz CT molecular complexity index is 201. The fraction of sp³-hybridized carbons (Fsp3) is 1.00. The Labute approximate surface area is 98.7 Å². The monoisotopic (exact) mass is 259 g/mol. The van der Waals surface area contributed by atoms with E-state index in [0.29, 0.717) is 6.42 Å². The molecular weight excluding hydrogens is 243 g/mol. The van der Waals surface area contributed by atoms with Crippen molar-refractivity contribution in [1.29, 1.82) is 0 Å². The van der Waals surface area contributed by atoms with Gasteiger partial charge in [0.25, 0.3) is 0 Å². The molecule has 0 N–H and O–H groups in total. The third-order valence-electron chi connectivity index (χ3n) is 2.48. The summed E-state index contributed by atoms with van der Waals surface area (Å²) >= 11 is 5.99. The second kappa shape index (κ2) is 6.67. The Hall–Kier alpha value is 0. The van der Waals surface area contributed by atoms with Crippen LogP contribution in [0.15, 0.2) is 0 Å². The number of ether oxygens (including phenoxy) is 1. The van der Waals surface area contributed by atoms with Gasteiger partial charge in [-0.2, -0.15) is 13.2 Å². The molecule has 1 aliphatic heterocycles. The molecule has 1 fully saturated rings. The number of hydrogen-bond donors (Lipinski definition) is 0. The largest absolute Gasteiger partial charge is 0.411 e. The quantitative estimate of drug-likeness (QED) is 0.556. The maximum atomic E-state index is 11.7. The van der Waals surface area contributed by atoms with Crippen LogP contribution < -0.4 is 0 Å². The lowest BCUT2D eigenvalue weighted by atomic mass is 10.1. The molecule has 0 radical (unpaired) electrons. The summed E-state index contributed by atoms with van der Waals surface area (Å²) in [5.41, 5.74) is 0. The van der Waals surface area contributed by atoms with Crippen molar-refractivity contribution in [1.82, 2.24) is 4.90 Å². The van der Waals surface area contributed by atoms with E-state index in [2.05, 4.69) is 9.64 Å². The van der Waals surface area contributed by atoms with E-state index in [1.54, 1.807) is 0 Å². The first-order chi connectivity index (χ1) is 7.47. The summed E-state index contributed by atoms with van der Waals surface area (Å²) in [4.78, 5) is 2.18. The average Bonchev–Trinajstić information content (AvgIpc) is 2.15. The highest BCUT2D eigenvalue weighted by atomic mass is 35.5.